The fraction of sp³-hybridized carbons (Fsp3) is 0.476. The number of nitrogens with two attached hydrogens (primary N) is 1. The Morgan fingerprint density at radius 2 is 2.00 bits per heavy atom. The number of carbonyl (C=O) groups is 3. The predicted molar refractivity (Wildman–Crippen MR) is 109 cm³/mol. The van der Waals surface area contributed by atoms with Crippen LogP contribution in [0.3, 0.4) is 0 Å². The molecule has 3 rings (SSSR count). The Morgan fingerprint density at radius 3 is 2.63 bits per heavy atom. The van der Waals surface area contributed by atoms with Gasteiger partial charge < -0.3 is 25.8 Å². The smallest absolute Gasteiger partial charge is 0.338 e. The van der Waals surface area contributed by atoms with Gasteiger partial charge in [-0.1, -0.05) is 12.1 Å². The van der Waals surface area contributed by atoms with Crippen LogP contribution in [0.2, 0.25) is 0 Å². The van der Waals surface area contributed by atoms with Crippen LogP contribution in [0.4, 0.5) is 4.79 Å². The molecule has 0 spiro atoms. The lowest BCUT2D eigenvalue weighted by Gasteiger charge is -2.34. The standard InChI is InChI=1S/C21H28N4O5/c1-3-30-20(27)17-16(12-25-9-7-13(8-10-25)19(22)26)23-21(28)24-18(17)14-5-4-6-15(11-14)29-2/h4-6,11,13,18H,3,7-10,12H2,1-2H3,(H2,22,26)(H2,23,24,28)/t18-/m1/s1. The van der Waals surface area contributed by atoms with Gasteiger partial charge in [0.1, 0.15) is 5.75 Å². The van der Waals surface area contributed by atoms with E-state index in [1.165, 1.54) is 0 Å². The first-order chi connectivity index (χ1) is 14.4. The third kappa shape index (κ3) is 4.91. The SMILES string of the molecule is CCOC(=O)C1=C(CN2CCC(C(N)=O)CC2)NC(=O)N[C@@H]1c1cccc(OC)c1. The number of nitrogens with one attached hydrogen (secondary N) is 2. The van der Waals surface area contributed by atoms with E-state index < -0.39 is 18.0 Å². The summed E-state index contributed by atoms with van der Waals surface area (Å²) in [6, 6.07) is 6.16. The van der Waals surface area contributed by atoms with Gasteiger partial charge in [0, 0.05) is 18.2 Å². The highest BCUT2D eigenvalue weighted by molar-refractivity contribution is 5.95. The first-order valence-corrected chi connectivity index (χ1v) is 10.1. The van der Waals surface area contributed by atoms with Gasteiger partial charge >= 0.3 is 12.0 Å². The molecule has 162 valence electrons. The highest BCUT2D eigenvalue weighted by Gasteiger charge is 2.35. The van der Waals surface area contributed by atoms with Crippen LogP contribution in [0.15, 0.2) is 35.5 Å². The Labute approximate surface area is 175 Å². The molecule has 3 amide bonds. The van der Waals surface area contributed by atoms with Crippen LogP contribution in [-0.4, -0.2) is 56.2 Å². The van der Waals surface area contributed by atoms with E-state index in [4.69, 9.17) is 15.2 Å². The van der Waals surface area contributed by atoms with Crippen LogP contribution in [0.1, 0.15) is 31.4 Å². The van der Waals surface area contributed by atoms with Crippen molar-refractivity contribution in [2.75, 3.05) is 33.4 Å². The van der Waals surface area contributed by atoms with Crippen molar-refractivity contribution in [1.29, 1.82) is 0 Å². The van der Waals surface area contributed by atoms with Crippen LogP contribution < -0.4 is 21.1 Å². The second-order valence-electron chi connectivity index (χ2n) is 7.37. The number of carbonyl (C=O) groups excluding carboxylic acids is 3. The number of ether oxygens (including phenoxy) is 2. The molecule has 30 heavy (non-hydrogen) atoms. The van der Waals surface area contributed by atoms with E-state index in [0.717, 1.165) is 5.56 Å². The van der Waals surface area contributed by atoms with E-state index in [-0.39, 0.29) is 18.4 Å². The maximum Gasteiger partial charge on any atom is 0.338 e. The third-order valence-electron chi connectivity index (χ3n) is 5.45. The summed E-state index contributed by atoms with van der Waals surface area (Å²) in [6.45, 7) is 3.63. The molecule has 0 saturated carbocycles. The van der Waals surface area contributed by atoms with Crippen LogP contribution in [0, 0.1) is 5.92 Å². The molecule has 0 bridgehead atoms. The number of hydrogen-bond acceptors (Lipinski definition) is 6. The van der Waals surface area contributed by atoms with Crippen molar-refractivity contribution < 1.29 is 23.9 Å². The molecule has 0 radical (unpaired) electrons. The van der Waals surface area contributed by atoms with Gasteiger partial charge in [0.15, 0.2) is 0 Å². The molecule has 2 aliphatic heterocycles. The average molecular weight is 416 g/mol. The van der Waals surface area contributed by atoms with Crippen molar-refractivity contribution in [2.24, 2.45) is 11.7 Å². The van der Waals surface area contributed by atoms with Gasteiger partial charge in [0.05, 0.1) is 25.3 Å². The molecular formula is C21H28N4O5. The number of urea groups is 1. The summed E-state index contributed by atoms with van der Waals surface area (Å²) in [5.41, 5.74) is 7.00. The normalized spacial score (nSPS) is 20.3. The highest BCUT2D eigenvalue weighted by atomic mass is 16.5. The summed E-state index contributed by atoms with van der Waals surface area (Å²) < 4.78 is 10.6. The monoisotopic (exact) mass is 416 g/mol. The highest BCUT2D eigenvalue weighted by Crippen LogP contribution is 2.30. The number of hydrogen-bond donors (Lipinski definition) is 3. The Hall–Kier alpha value is -3.07. The molecule has 2 aliphatic rings. The van der Waals surface area contributed by atoms with Crippen molar-refractivity contribution in [2.45, 2.75) is 25.8 Å². The number of esters is 1. The summed E-state index contributed by atoms with van der Waals surface area (Å²) in [7, 11) is 1.56. The molecule has 1 fully saturated rings. The van der Waals surface area contributed by atoms with Gasteiger partial charge in [-0.15, -0.1) is 0 Å². The van der Waals surface area contributed by atoms with Crippen LogP contribution in [0.5, 0.6) is 5.75 Å². The number of rotatable bonds is 7. The van der Waals surface area contributed by atoms with Gasteiger partial charge in [0.2, 0.25) is 5.91 Å². The fourth-order valence-electron chi connectivity index (χ4n) is 3.86. The molecule has 9 heteroatoms. The molecule has 1 saturated heterocycles. The Bertz CT molecular complexity index is 846. The molecular weight excluding hydrogens is 388 g/mol. The van der Waals surface area contributed by atoms with Crippen molar-refractivity contribution in [3.8, 4) is 5.75 Å². The van der Waals surface area contributed by atoms with Gasteiger partial charge in [-0.3, -0.25) is 9.69 Å². The van der Waals surface area contributed by atoms with Crippen molar-refractivity contribution in [1.82, 2.24) is 15.5 Å². The molecule has 1 aromatic carbocycles. The maximum atomic E-state index is 12.9. The number of amides is 3. The Kier molecular flexibility index (Phi) is 6.94. The van der Waals surface area contributed by atoms with E-state index in [9.17, 15) is 14.4 Å². The van der Waals surface area contributed by atoms with Gasteiger partial charge in [-0.2, -0.15) is 0 Å². The third-order valence-corrected chi connectivity index (χ3v) is 5.45. The molecule has 0 aliphatic carbocycles. The number of primary amides is 1. The number of methoxy groups -OCH3 is 1. The number of nitrogens with zero attached hydrogens (tertiary/aromatic N) is 1. The lowest BCUT2D eigenvalue weighted by Crippen LogP contribution is -2.49. The minimum atomic E-state index is -0.661. The number of likely N-dealkylation sites (tertiary alicyclic amines) is 1. The van der Waals surface area contributed by atoms with E-state index in [0.29, 0.717) is 49.5 Å². The first-order valence-electron chi connectivity index (χ1n) is 10.1. The molecule has 0 unspecified atom stereocenters. The van der Waals surface area contributed by atoms with Crippen LogP contribution >= 0.6 is 0 Å². The predicted octanol–water partition coefficient (Wildman–Crippen LogP) is 1.06. The van der Waals surface area contributed by atoms with E-state index in [1.54, 1.807) is 32.2 Å². The van der Waals surface area contributed by atoms with Crippen molar-refractivity contribution >= 4 is 17.9 Å². The molecule has 0 aromatic heterocycles. The second-order valence-corrected chi connectivity index (χ2v) is 7.37. The van der Waals surface area contributed by atoms with E-state index >= 15 is 0 Å². The average Bonchev–Trinajstić information content (AvgIpc) is 2.74. The molecule has 4 N–H and O–H groups in total. The maximum absolute atomic E-state index is 12.9. The Balaban J connectivity index is 1.91. The van der Waals surface area contributed by atoms with Crippen LogP contribution in [-0.2, 0) is 14.3 Å². The molecule has 1 atom stereocenters. The Morgan fingerprint density at radius 1 is 1.27 bits per heavy atom. The summed E-state index contributed by atoms with van der Waals surface area (Å²) in [5, 5.41) is 5.60. The topological polar surface area (TPSA) is 123 Å². The fourth-order valence-corrected chi connectivity index (χ4v) is 3.86. The minimum absolute atomic E-state index is 0.132. The summed E-state index contributed by atoms with van der Waals surface area (Å²) in [4.78, 5) is 38.8. The molecule has 9 nitrogen and oxygen atoms in total. The summed E-state index contributed by atoms with van der Waals surface area (Å²) in [5.74, 6) is -0.278. The zero-order chi connectivity index (χ0) is 21.7. The zero-order valence-electron chi connectivity index (χ0n) is 17.3. The van der Waals surface area contributed by atoms with Crippen molar-refractivity contribution in [3.63, 3.8) is 0 Å². The number of piperidine rings is 1. The quantitative estimate of drug-likeness (QED) is 0.571. The zero-order valence-corrected chi connectivity index (χ0v) is 17.3. The van der Waals surface area contributed by atoms with Gasteiger partial charge in [-0.25, -0.2) is 9.59 Å². The van der Waals surface area contributed by atoms with Crippen molar-refractivity contribution in [3.05, 3.63) is 41.1 Å². The largest absolute Gasteiger partial charge is 0.497 e. The second kappa shape index (κ2) is 9.62. The first kappa shape index (κ1) is 21.6. The molecule has 2 heterocycles. The lowest BCUT2D eigenvalue weighted by atomic mass is 9.93. The molecule has 1 aromatic rings. The summed E-state index contributed by atoms with van der Waals surface area (Å²) in [6.07, 6.45) is 1.31. The lowest BCUT2D eigenvalue weighted by molar-refractivity contribution is -0.139. The van der Waals surface area contributed by atoms with Crippen LogP contribution in [0.25, 0.3) is 0 Å². The summed E-state index contributed by atoms with van der Waals surface area (Å²) >= 11 is 0. The van der Waals surface area contributed by atoms with E-state index in [1.807, 2.05) is 6.07 Å². The minimum Gasteiger partial charge on any atom is -0.497 e. The van der Waals surface area contributed by atoms with Gasteiger partial charge in [0.25, 0.3) is 0 Å². The number of benzene rings is 1. The van der Waals surface area contributed by atoms with Gasteiger partial charge in [-0.05, 0) is 50.6 Å². The van der Waals surface area contributed by atoms with E-state index in [2.05, 4.69) is 15.5 Å².